The van der Waals surface area contributed by atoms with Gasteiger partial charge in [-0.15, -0.1) is 0 Å². The minimum absolute atomic E-state index is 0.342. The molecular formula is C11H7Cl2F13N2O4S. The van der Waals surface area contributed by atoms with Gasteiger partial charge in [0, 0.05) is 0 Å². The third kappa shape index (κ3) is 6.89. The molecule has 1 heterocycles. The van der Waals surface area contributed by atoms with Gasteiger partial charge in [-0.2, -0.15) is 52.9 Å². The third-order valence-corrected chi connectivity index (χ3v) is 4.44. The molecule has 6 nitrogen and oxygen atoms in total. The summed E-state index contributed by atoms with van der Waals surface area (Å²) in [5.41, 5.74) is -5.65. The fourth-order valence-corrected chi connectivity index (χ4v) is 1.61. The van der Waals surface area contributed by atoms with Crippen molar-refractivity contribution >= 4 is 33.3 Å². The van der Waals surface area contributed by atoms with Crippen LogP contribution in [0.5, 0.6) is 0 Å². The molecule has 0 saturated heterocycles. The number of alkyl halides is 15. The number of imidazole rings is 1. The smallest absolute Gasteiger partial charge is 0.485 e. The lowest BCUT2D eigenvalue weighted by Gasteiger charge is -2.35. The summed E-state index contributed by atoms with van der Waals surface area (Å²) in [5, 5.41) is -11.8. The Morgan fingerprint density at radius 3 is 1.64 bits per heavy atom. The topological polar surface area (TPSA) is 75.2 Å². The van der Waals surface area contributed by atoms with E-state index in [-0.39, 0.29) is 4.57 Å². The summed E-state index contributed by atoms with van der Waals surface area (Å²) >= 11 is 7.91. The Kier molecular flexibility index (Phi) is 9.06. The SMILES string of the molecule is Cn1cc[n+](C(F)(F)C(F)OC(F)(F)C(F)(F)C(F)(Cl)C(F)(F)Cl)c1.O=S(=O)([O-])C(F)(F)F. The molecule has 0 saturated carbocycles. The molecule has 33 heavy (non-hydrogen) atoms. The quantitative estimate of drug-likeness (QED) is 0.159. The Bertz CT molecular complexity index is 914. The minimum atomic E-state index is -6.70. The number of ether oxygens (including phenoxy) is 1. The predicted molar refractivity (Wildman–Crippen MR) is 77.9 cm³/mol. The molecule has 1 aromatic rings. The minimum Gasteiger partial charge on any atom is -0.741 e. The Balaban J connectivity index is 0.00000109. The van der Waals surface area contributed by atoms with Crippen molar-refractivity contribution in [3.8, 4) is 0 Å². The first-order valence-corrected chi connectivity index (χ1v) is 9.25. The Morgan fingerprint density at radius 2 is 1.36 bits per heavy atom. The average Bonchev–Trinajstić information content (AvgIpc) is 2.99. The molecule has 2 unspecified atom stereocenters. The first-order chi connectivity index (χ1) is 14.1. The van der Waals surface area contributed by atoms with Gasteiger partial charge in [0.05, 0.1) is 7.05 Å². The number of hydrogen-bond donors (Lipinski definition) is 0. The molecule has 0 aromatic carbocycles. The number of nitrogens with zero attached hydrogens (tertiary/aromatic N) is 2. The number of hydrogen-bond acceptors (Lipinski definition) is 4. The van der Waals surface area contributed by atoms with E-state index in [1.165, 1.54) is 0 Å². The molecule has 1 aromatic heterocycles. The van der Waals surface area contributed by atoms with Gasteiger partial charge in [0.1, 0.15) is 12.4 Å². The van der Waals surface area contributed by atoms with Gasteiger partial charge >= 0.3 is 40.5 Å². The summed E-state index contributed by atoms with van der Waals surface area (Å²) in [7, 11) is -4.93. The van der Waals surface area contributed by atoms with Crippen molar-refractivity contribution in [2.45, 2.75) is 40.5 Å². The van der Waals surface area contributed by atoms with E-state index >= 15 is 0 Å². The van der Waals surface area contributed by atoms with Crippen LogP contribution in [-0.4, -0.2) is 51.9 Å². The van der Waals surface area contributed by atoms with Gasteiger partial charge in [0.2, 0.25) is 6.33 Å². The molecule has 0 bridgehead atoms. The van der Waals surface area contributed by atoms with E-state index in [9.17, 15) is 57.1 Å². The number of rotatable bonds is 7. The van der Waals surface area contributed by atoms with Gasteiger partial charge in [-0.25, -0.2) is 21.8 Å². The Hall–Kier alpha value is -1.25. The van der Waals surface area contributed by atoms with Crippen LogP contribution in [0.4, 0.5) is 57.1 Å². The Labute approximate surface area is 184 Å². The second-order valence-electron chi connectivity index (χ2n) is 5.57. The maximum Gasteiger partial charge on any atom is 0.485 e. The Morgan fingerprint density at radius 1 is 0.970 bits per heavy atom. The monoisotopic (exact) mass is 580 g/mol. The summed E-state index contributed by atoms with van der Waals surface area (Å²) < 4.78 is 194. The van der Waals surface area contributed by atoms with Crippen LogP contribution in [0.3, 0.4) is 0 Å². The van der Waals surface area contributed by atoms with Crippen LogP contribution in [0.2, 0.25) is 0 Å². The van der Waals surface area contributed by atoms with Crippen molar-refractivity contribution in [2.75, 3.05) is 0 Å². The van der Waals surface area contributed by atoms with Crippen LogP contribution < -0.4 is 4.57 Å². The molecule has 2 atom stereocenters. The van der Waals surface area contributed by atoms with Gasteiger partial charge in [-0.1, -0.05) is 11.6 Å². The van der Waals surface area contributed by atoms with E-state index in [0.29, 0.717) is 12.5 Å². The molecule has 196 valence electrons. The zero-order valence-electron chi connectivity index (χ0n) is 14.9. The molecule has 0 spiro atoms. The maximum absolute atomic E-state index is 13.6. The number of halogens is 15. The van der Waals surface area contributed by atoms with Crippen LogP contribution in [0.1, 0.15) is 0 Å². The largest absolute Gasteiger partial charge is 0.741 e. The van der Waals surface area contributed by atoms with Crippen LogP contribution in [0.15, 0.2) is 18.7 Å². The van der Waals surface area contributed by atoms with E-state index in [2.05, 4.69) is 27.9 Å². The highest BCUT2D eigenvalue weighted by molar-refractivity contribution is 7.86. The zero-order valence-corrected chi connectivity index (χ0v) is 17.2. The van der Waals surface area contributed by atoms with E-state index in [4.69, 9.17) is 13.0 Å². The van der Waals surface area contributed by atoms with Crippen LogP contribution >= 0.6 is 23.2 Å². The molecular weight excluding hydrogens is 574 g/mol. The lowest BCUT2D eigenvalue weighted by molar-refractivity contribution is -0.839. The summed E-state index contributed by atoms with van der Waals surface area (Å²) in [6, 6.07) is -4.99. The molecule has 0 aliphatic carbocycles. The van der Waals surface area contributed by atoms with E-state index < -0.39 is 50.6 Å². The van der Waals surface area contributed by atoms with Crippen LogP contribution in [-0.2, 0) is 27.9 Å². The first kappa shape index (κ1) is 31.8. The van der Waals surface area contributed by atoms with Crippen LogP contribution in [0.25, 0.3) is 0 Å². The third-order valence-electron chi connectivity index (χ3n) is 3.04. The lowest BCUT2D eigenvalue weighted by Crippen LogP contribution is -2.63. The van der Waals surface area contributed by atoms with Crippen molar-refractivity contribution in [3.63, 3.8) is 0 Å². The van der Waals surface area contributed by atoms with Gasteiger partial charge in [-0.05, 0) is 11.6 Å². The predicted octanol–water partition coefficient (Wildman–Crippen LogP) is 4.19. The van der Waals surface area contributed by atoms with E-state index in [1.54, 1.807) is 0 Å². The summed E-state index contributed by atoms with van der Waals surface area (Å²) in [5.74, 6) is -6.70. The fourth-order valence-electron chi connectivity index (χ4n) is 1.38. The molecule has 0 aliphatic heterocycles. The maximum atomic E-state index is 13.6. The summed E-state index contributed by atoms with van der Waals surface area (Å²) in [6.07, 6.45) is -9.22. The normalized spacial score (nSPS) is 17.1. The average molecular weight is 581 g/mol. The molecule has 0 fully saturated rings. The zero-order chi connectivity index (χ0) is 27.1. The molecule has 0 N–H and O–H groups in total. The molecule has 0 aliphatic rings. The summed E-state index contributed by atoms with van der Waals surface area (Å²) in [4.78, 5) is 0. The highest BCUT2D eigenvalue weighted by Crippen LogP contribution is 2.56. The number of aryl methyl sites for hydroxylation is 1. The molecule has 0 radical (unpaired) electrons. The van der Waals surface area contributed by atoms with Crippen molar-refractivity contribution < 1.29 is 79.3 Å². The van der Waals surface area contributed by atoms with E-state index in [1.807, 2.05) is 0 Å². The van der Waals surface area contributed by atoms with Crippen molar-refractivity contribution in [1.82, 2.24) is 4.57 Å². The summed E-state index contributed by atoms with van der Waals surface area (Å²) in [6.45, 7) is 0. The van der Waals surface area contributed by atoms with Gasteiger partial charge in [0.25, 0.3) is 0 Å². The number of aromatic nitrogens is 2. The van der Waals surface area contributed by atoms with Gasteiger partial charge in [0.15, 0.2) is 10.1 Å². The molecule has 22 heteroatoms. The highest BCUT2D eigenvalue weighted by Gasteiger charge is 2.80. The standard InChI is InChI=1S/C10H7Cl2F10N2O.CHF3O3S/c1-23-2-3-24(4-23)6(14,15)5(13)25-10(21,22)8(17,18)7(11,16)9(12,19)20;2-1(3,4)8(5,6)7/h2-5H,1H3;(H,5,6,7)/q+1;/p-1. The highest BCUT2D eigenvalue weighted by atomic mass is 35.5. The van der Waals surface area contributed by atoms with Crippen LogP contribution in [0, 0.1) is 0 Å². The van der Waals surface area contributed by atoms with Crippen molar-refractivity contribution in [2.24, 2.45) is 7.05 Å². The molecule has 1 rings (SSSR count). The first-order valence-electron chi connectivity index (χ1n) is 7.08. The molecule has 0 amide bonds. The van der Waals surface area contributed by atoms with Gasteiger partial charge < -0.3 is 4.55 Å². The van der Waals surface area contributed by atoms with Gasteiger partial charge in [-0.3, -0.25) is 4.74 Å². The lowest BCUT2D eigenvalue weighted by atomic mass is 10.2. The van der Waals surface area contributed by atoms with Crippen molar-refractivity contribution in [3.05, 3.63) is 18.7 Å². The second kappa shape index (κ2) is 9.42. The fraction of sp³-hybridized carbons (Fsp3) is 0.727. The van der Waals surface area contributed by atoms with Crippen molar-refractivity contribution in [1.29, 1.82) is 0 Å². The second-order valence-corrected chi connectivity index (χ2v) is 7.94. The van der Waals surface area contributed by atoms with E-state index in [0.717, 1.165) is 17.8 Å².